The highest BCUT2D eigenvalue weighted by atomic mass is 32.2. The molecule has 1 aromatic heterocycles. The van der Waals surface area contributed by atoms with Gasteiger partial charge in [-0.3, -0.25) is 0 Å². The minimum atomic E-state index is -4.09. The normalized spacial score (nSPS) is 13.1. The maximum atomic E-state index is 12.8. The molecule has 1 atom stereocenters. The van der Waals surface area contributed by atoms with Crippen LogP contribution in [0.4, 0.5) is 5.13 Å². The van der Waals surface area contributed by atoms with E-state index >= 15 is 0 Å². The lowest BCUT2D eigenvalue weighted by Crippen LogP contribution is -2.38. The Labute approximate surface area is 179 Å². The van der Waals surface area contributed by atoms with E-state index in [0.29, 0.717) is 11.6 Å². The number of nitrogens with two attached hydrogens (primary N) is 1. The Kier molecular flexibility index (Phi) is 6.30. The van der Waals surface area contributed by atoms with E-state index in [9.17, 15) is 13.2 Å². The minimum absolute atomic E-state index is 0.0919. The second-order valence-corrected chi connectivity index (χ2v) is 9.82. The average molecular weight is 450 g/mol. The van der Waals surface area contributed by atoms with E-state index in [1.807, 2.05) is 24.3 Å². The van der Waals surface area contributed by atoms with Gasteiger partial charge in [0.15, 0.2) is 5.13 Å². The molecule has 0 bridgehead atoms. The van der Waals surface area contributed by atoms with Crippen molar-refractivity contribution in [3.8, 4) is 5.75 Å². The number of rotatable bonds is 7. The Balaban J connectivity index is 1.81. The first-order valence-electron chi connectivity index (χ1n) is 9.15. The highest BCUT2D eigenvalue weighted by Crippen LogP contribution is 2.27. The molecule has 0 spiro atoms. The van der Waals surface area contributed by atoms with Gasteiger partial charge in [0.1, 0.15) is 17.4 Å². The number of nitrogens with zero attached hydrogens (tertiary/aromatic N) is 1. The van der Waals surface area contributed by atoms with E-state index in [0.717, 1.165) is 15.8 Å². The number of hydrogen-bond donors (Lipinski definition) is 2. The van der Waals surface area contributed by atoms with Gasteiger partial charge in [-0.15, -0.1) is 0 Å². The van der Waals surface area contributed by atoms with Gasteiger partial charge in [-0.1, -0.05) is 35.6 Å². The molecular weight excluding hydrogens is 426 g/mol. The molecule has 3 N–H and O–H groups in total. The van der Waals surface area contributed by atoms with Gasteiger partial charge in [0.25, 0.3) is 0 Å². The molecule has 0 amide bonds. The Morgan fingerprint density at radius 2 is 1.83 bits per heavy atom. The van der Waals surface area contributed by atoms with Crippen molar-refractivity contribution in [1.82, 2.24) is 4.98 Å². The number of esters is 1. The number of carbonyl (C=O) groups is 1. The fraction of sp³-hybridized carbons (Fsp3) is 0.300. The van der Waals surface area contributed by atoms with Gasteiger partial charge in [0, 0.05) is 6.42 Å². The molecule has 2 aromatic carbocycles. The summed E-state index contributed by atoms with van der Waals surface area (Å²) in [4.78, 5) is 17.3. The topological polar surface area (TPSA) is 121 Å². The molecule has 30 heavy (non-hydrogen) atoms. The molecule has 3 rings (SSSR count). The summed E-state index contributed by atoms with van der Waals surface area (Å²) in [7, 11) is -4.09. The van der Waals surface area contributed by atoms with Crippen LogP contribution in [0.5, 0.6) is 5.75 Å². The number of ether oxygens (including phenoxy) is 1. The van der Waals surface area contributed by atoms with Gasteiger partial charge >= 0.3 is 16.3 Å². The Morgan fingerprint density at radius 1 is 1.17 bits per heavy atom. The Morgan fingerprint density at radius 3 is 2.43 bits per heavy atom. The number of aromatic nitrogens is 1. The van der Waals surface area contributed by atoms with Gasteiger partial charge in [-0.05, 0) is 50.6 Å². The molecule has 1 heterocycles. The first-order valence-corrected chi connectivity index (χ1v) is 11.4. The van der Waals surface area contributed by atoms with Crippen molar-refractivity contribution in [2.24, 2.45) is 5.14 Å². The molecule has 160 valence electrons. The van der Waals surface area contributed by atoms with Crippen molar-refractivity contribution in [1.29, 1.82) is 0 Å². The molecule has 0 aliphatic rings. The number of para-hydroxylation sites is 1. The largest absolute Gasteiger partial charge is 0.458 e. The standard InChI is InChI=1S/C20H23N3O5S2/c1-20(2,3)27-18(24)16(23-19-22-15-6-4-5-7-17(15)29-19)12-13-8-10-14(11-9-13)28-30(21,25)26/h4-11,16H,12H2,1-3H3,(H,22,23)(H2,21,25,26). The van der Waals surface area contributed by atoms with E-state index in [-0.39, 0.29) is 5.75 Å². The zero-order chi connectivity index (χ0) is 21.9. The van der Waals surface area contributed by atoms with Gasteiger partial charge in [-0.2, -0.15) is 13.6 Å². The molecule has 8 nitrogen and oxygen atoms in total. The fourth-order valence-corrected chi connectivity index (χ4v) is 4.00. The molecule has 10 heteroatoms. The SMILES string of the molecule is CC(C)(C)OC(=O)C(Cc1ccc(OS(N)(=O)=O)cc1)Nc1nc2ccccc2s1. The number of nitrogens with one attached hydrogen (secondary N) is 1. The van der Waals surface area contributed by atoms with Crippen molar-refractivity contribution >= 4 is 43.0 Å². The summed E-state index contributed by atoms with van der Waals surface area (Å²) in [6.07, 6.45) is 0.306. The zero-order valence-corrected chi connectivity index (χ0v) is 18.4. The van der Waals surface area contributed by atoms with Gasteiger partial charge in [-0.25, -0.2) is 9.78 Å². The first-order chi connectivity index (χ1) is 14.0. The summed E-state index contributed by atoms with van der Waals surface area (Å²) in [6.45, 7) is 5.41. The molecular formula is C20H23N3O5S2. The van der Waals surface area contributed by atoms with Crippen LogP contribution < -0.4 is 14.6 Å². The number of fused-ring (bicyclic) bond motifs is 1. The van der Waals surface area contributed by atoms with Crippen molar-refractivity contribution < 1.29 is 22.1 Å². The molecule has 0 radical (unpaired) electrons. The monoisotopic (exact) mass is 449 g/mol. The van der Waals surface area contributed by atoms with Crippen LogP contribution in [0.3, 0.4) is 0 Å². The quantitative estimate of drug-likeness (QED) is 0.531. The number of thiazole rings is 1. The highest BCUT2D eigenvalue weighted by Gasteiger charge is 2.26. The summed E-state index contributed by atoms with van der Waals surface area (Å²) < 4.78 is 33.3. The number of anilines is 1. The lowest BCUT2D eigenvalue weighted by molar-refractivity contribution is -0.155. The van der Waals surface area contributed by atoms with Gasteiger partial charge in [0.2, 0.25) is 0 Å². The van der Waals surface area contributed by atoms with Crippen molar-refractivity contribution in [3.05, 3.63) is 54.1 Å². The van der Waals surface area contributed by atoms with E-state index < -0.39 is 27.9 Å². The number of hydrogen-bond acceptors (Lipinski definition) is 8. The third-order valence-electron chi connectivity index (χ3n) is 3.86. The first kappa shape index (κ1) is 22.0. The maximum Gasteiger partial charge on any atom is 0.380 e. The summed E-state index contributed by atoms with van der Waals surface area (Å²) >= 11 is 1.45. The van der Waals surface area contributed by atoms with Crippen molar-refractivity contribution in [2.75, 3.05) is 5.32 Å². The van der Waals surface area contributed by atoms with E-state index in [1.54, 1.807) is 32.9 Å². The van der Waals surface area contributed by atoms with Crippen molar-refractivity contribution in [3.63, 3.8) is 0 Å². The second-order valence-electron chi connectivity index (χ2n) is 7.64. The summed E-state index contributed by atoms with van der Waals surface area (Å²) in [6, 6.07) is 13.3. The molecule has 3 aromatic rings. The van der Waals surface area contributed by atoms with Crippen LogP contribution in [-0.2, 0) is 26.3 Å². The molecule has 0 saturated heterocycles. The van der Waals surface area contributed by atoms with Crippen LogP contribution in [0.15, 0.2) is 48.5 Å². The van der Waals surface area contributed by atoms with E-state index in [4.69, 9.17) is 9.88 Å². The molecule has 1 unspecified atom stereocenters. The molecule has 0 aliphatic heterocycles. The predicted molar refractivity (Wildman–Crippen MR) is 117 cm³/mol. The maximum absolute atomic E-state index is 12.8. The fourth-order valence-electron chi connectivity index (χ4n) is 2.70. The Bertz CT molecular complexity index is 1100. The lowest BCUT2D eigenvalue weighted by Gasteiger charge is -2.24. The average Bonchev–Trinajstić information content (AvgIpc) is 3.02. The van der Waals surface area contributed by atoms with Crippen LogP contribution in [0.2, 0.25) is 0 Å². The predicted octanol–water partition coefficient (Wildman–Crippen LogP) is 3.24. The van der Waals surface area contributed by atoms with Crippen LogP contribution in [0.25, 0.3) is 10.2 Å². The summed E-state index contributed by atoms with van der Waals surface area (Å²) in [5.41, 5.74) is 0.983. The second kappa shape index (κ2) is 8.58. The van der Waals surface area contributed by atoms with Crippen LogP contribution in [-0.4, -0.2) is 31.0 Å². The Hall–Kier alpha value is -2.69. The number of benzene rings is 2. The number of carbonyl (C=O) groups excluding carboxylic acids is 1. The summed E-state index contributed by atoms with van der Waals surface area (Å²) in [5, 5.41) is 8.67. The molecule has 0 fully saturated rings. The van der Waals surface area contributed by atoms with Crippen LogP contribution in [0, 0.1) is 0 Å². The third-order valence-corrected chi connectivity index (χ3v) is 5.25. The van der Waals surface area contributed by atoms with E-state index in [2.05, 4.69) is 14.5 Å². The minimum Gasteiger partial charge on any atom is -0.458 e. The molecule has 0 saturated carbocycles. The van der Waals surface area contributed by atoms with Crippen molar-refractivity contribution in [2.45, 2.75) is 38.8 Å². The lowest BCUT2D eigenvalue weighted by atomic mass is 10.1. The van der Waals surface area contributed by atoms with Gasteiger partial charge in [0.05, 0.1) is 10.2 Å². The van der Waals surface area contributed by atoms with Crippen LogP contribution in [0.1, 0.15) is 26.3 Å². The van der Waals surface area contributed by atoms with E-state index in [1.165, 1.54) is 23.5 Å². The highest BCUT2D eigenvalue weighted by molar-refractivity contribution is 7.84. The summed E-state index contributed by atoms with van der Waals surface area (Å²) in [5.74, 6) is -0.319. The third kappa shape index (κ3) is 6.41. The van der Waals surface area contributed by atoms with Crippen LogP contribution >= 0.6 is 11.3 Å². The van der Waals surface area contributed by atoms with Gasteiger partial charge < -0.3 is 14.2 Å². The molecule has 0 aliphatic carbocycles. The zero-order valence-electron chi connectivity index (χ0n) is 16.8. The smallest absolute Gasteiger partial charge is 0.380 e.